The molecule has 0 bridgehead atoms. The third-order valence-electron chi connectivity index (χ3n) is 3.38. The summed E-state index contributed by atoms with van der Waals surface area (Å²) < 4.78 is 0. The van der Waals surface area contributed by atoms with Crippen molar-refractivity contribution in [2.24, 2.45) is 5.92 Å². The Labute approximate surface area is 92.4 Å². The van der Waals surface area contributed by atoms with Gasteiger partial charge in [0.1, 0.15) is 0 Å². The summed E-state index contributed by atoms with van der Waals surface area (Å²) in [5.41, 5.74) is 0. The SMILES string of the molecule is CCCNC(C1CC1)C1CCCCS1. The van der Waals surface area contributed by atoms with E-state index in [4.69, 9.17) is 0 Å². The van der Waals surface area contributed by atoms with E-state index in [1.54, 1.807) is 0 Å². The van der Waals surface area contributed by atoms with Gasteiger partial charge in [0.05, 0.1) is 0 Å². The van der Waals surface area contributed by atoms with Gasteiger partial charge in [0.25, 0.3) is 0 Å². The van der Waals surface area contributed by atoms with Gasteiger partial charge >= 0.3 is 0 Å². The van der Waals surface area contributed by atoms with Crippen LogP contribution in [0.5, 0.6) is 0 Å². The summed E-state index contributed by atoms with van der Waals surface area (Å²) in [7, 11) is 0. The summed E-state index contributed by atoms with van der Waals surface area (Å²) in [6.45, 7) is 3.49. The molecule has 2 aliphatic rings. The molecule has 14 heavy (non-hydrogen) atoms. The van der Waals surface area contributed by atoms with Crippen LogP contribution in [0.25, 0.3) is 0 Å². The molecule has 2 unspecified atom stereocenters. The van der Waals surface area contributed by atoms with Gasteiger partial charge in [-0.3, -0.25) is 0 Å². The van der Waals surface area contributed by atoms with E-state index in [0.29, 0.717) is 0 Å². The molecule has 0 amide bonds. The van der Waals surface area contributed by atoms with Gasteiger partial charge in [0.2, 0.25) is 0 Å². The van der Waals surface area contributed by atoms with Crippen LogP contribution < -0.4 is 5.32 Å². The Bertz CT molecular complexity index is 162. The standard InChI is InChI=1S/C12H23NS/c1-2-8-13-12(10-6-7-10)11-5-3-4-9-14-11/h10-13H,2-9H2,1H3. The van der Waals surface area contributed by atoms with Crippen molar-refractivity contribution in [1.82, 2.24) is 5.32 Å². The summed E-state index contributed by atoms with van der Waals surface area (Å²) in [5.74, 6) is 2.43. The number of nitrogens with one attached hydrogen (secondary N) is 1. The van der Waals surface area contributed by atoms with Crippen molar-refractivity contribution in [3.05, 3.63) is 0 Å². The van der Waals surface area contributed by atoms with Gasteiger partial charge in [0.15, 0.2) is 0 Å². The lowest BCUT2D eigenvalue weighted by Crippen LogP contribution is -2.41. The summed E-state index contributed by atoms with van der Waals surface area (Å²) >= 11 is 2.23. The van der Waals surface area contributed by atoms with Crippen LogP contribution in [-0.4, -0.2) is 23.6 Å². The molecule has 0 aromatic rings. The average Bonchev–Trinajstić information content (AvgIpc) is 3.04. The zero-order valence-electron chi connectivity index (χ0n) is 9.30. The van der Waals surface area contributed by atoms with Crippen molar-refractivity contribution >= 4 is 11.8 Å². The van der Waals surface area contributed by atoms with E-state index in [2.05, 4.69) is 24.0 Å². The van der Waals surface area contributed by atoms with Crippen molar-refractivity contribution in [1.29, 1.82) is 0 Å². The van der Waals surface area contributed by atoms with Crippen molar-refractivity contribution in [2.45, 2.75) is 56.7 Å². The molecule has 1 aliphatic carbocycles. The summed E-state index contributed by atoms with van der Waals surface area (Å²) in [5, 5.41) is 4.71. The van der Waals surface area contributed by atoms with Crippen LogP contribution in [0, 0.1) is 5.92 Å². The third-order valence-corrected chi connectivity index (χ3v) is 4.86. The molecule has 2 heteroatoms. The second-order valence-corrected chi connectivity index (χ2v) is 6.07. The predicted molar refractivity (Wildman–Crippen MR) is 64.9 cm³/mol. The second-order valence-electron chi connectivity index (χ2n) is 4.72. The summed E-state index contributed by atoms with van der Waals surface area (Å²) in [6, 6.07) is 0.847. The molecule has 0 aromatic carbocycles. The maximum atomic E-state index is 3.78. The van der Waals surface area contributed by atoms with Crippen molar-refractivity contribution in [3.63, 3.8) is 0 Å². The van der Waals surface area contributed by atoms with Gasteiger partial charge in [-0.15, -0.1) is 0 Å². The van der Waals surface area contributed by atoms with E-state index in [1.807, 2.05) is 0 Å². The molecule has 2 rings (SSSR count). The molecule has 1 N–H and O–H groups in total. The number of hydrogen-bond acceptors (Lipinski definition) is 2. The summed E-state index contributed by atoms with van der Waals surface area (Å²) in [4.78, 5) is 0. The van der Waals surface area contributed by atoms with Crippen molar-refractivity contribution in [2.75, 3.05) is 12.3 Å². The number of thioether (sulfide) groups is 1. The van der Waals surface area contributed by atoms with Gasteiger partial charge in [-0.05, 0) is 50.3 Å². The first-order valence-electron chi connectivity index (χ1n) is 6.27. The van der Waals surface area contributed by atoms with Gasteiger partial charge in [-0.1, -0.05) is 13.3 Å². The first kappa shape index (κ1) is 10.8. The van der Waals surface area contributed by atoms with E-state index in [0.717, 1.165) is 17.2 Å². The van der Waals surface area contributed by atoms with Crippen LogP contribution in [0.2, 0.25) is 0 Å². The minimum absolute atomic E-state index is 0.847. The molecule has 1 nitrogen and oxygen atoms in total. The van der Waals surface area contributed by atoms with Crippen LogP contribution in [-0.2, 0) is 0 Å². The molecule has 2 fully saturated rings. The largest absolute Gasteiger partial charge is 0.313 e. The highest BCUT2D eigenvalue weighted by molar-refractivity contribution is 8.00. The fourth-order valence-corrected chi connectivity index (χ4v) is 3.95. The minimum atomic E-state index is 0.847. The van der Waals surface area contributed by atoms with Crippen molar-refractivity contribution in [3.8, 4) is 0 Å². The Hall–Kier alpha value is 0.310. The van der Waals surface area contributed by atoms with E-state index in [-0.39, 0.29) is 0 Å². The number of rotatable bonds is 5. The van der Waals surface area contributed by atoms with Crippen LogP contribution in [0.1, 0.15) is 45.4 Å². The monoisotopic (exact) mass is 213 g/mol. The summed E-state index contributed by atoms with van der Waals surface area (Å²) in [6.07, 6.45) is 8.63. The molecule has 82 valence electrons. The highest BCUT2D eigenvalue weighted by atomic mass is 32.2. The van der Waals surface area contributed by atoms with E-state index in [1.165, 1.54) is 50.8 Å². The van der Waals surface area contributed by atoms with Crippen LogP contribution >= 0.6 is 11.8 Å². The minimum Gasteiger partial charge on any atom is -0.313 e. The van der Waals surface area contributed by atoms with Crippen LogP contribution in [0.4, 0.5) is 0 Å². The first-order valence-corrected chi connectivity index (χ1v) is 7.31. The molecule has 1 aliphatic heterocycles. The van der Waals surface area contributed by atoms with Gasteiger partial charge in [0, 0.05) is 11.3 Å². The first-order chi connectivity index (χ1) is 6.92. The molecule has 1 heterocycles. The Morgan fingerprint density at radius 1 is 1.29 bits per heavy atom. The van der Waals surface area contributed by atoms with Crippen LogP contribution in [0.15, 0.2) is 0 Å². The molecule has 0 aromatic heterocycles. The fourth-order valence-electron chi connectivity index (χ4n) is 2.42. The molecular formula is C12H23NS. The predicted octanol–water partition coefficient (Wildman–Crippen LogP) is 3.05. The fraction of sp³-hybridized carbons (Fsp3) is 1.00. The molecular weight excluding hydrogens is 190 g/mol. The van der Waals surface area contributed by atoms with E-state index < -0.39 is 0 Å². The lowest BCUT2D eigenvalue weighted by molar-refractivity contribution is 0.424. The Morgan fingerprint density at radius 2 is 2.14 bits per heavy atom. The maximum absolute atomic E-state index is 3.78. The van der Waals surface area contributed by atoms with Gasteiger partial charge in [-0.2, -0.15) is 11.8 Å². The zero-order chi connectivity index (χ0) is 9.80. The molecule has 1 saturated carbocycles. The average molecular weight is 213 g/mol. The Morgan fingerprint density at radius 3 is 2.71 bits per heavy atom. The number of hydrogen-bond donors (Lipinski definition) is 1. The Kier molecular flexibility index (Phi) is 4.18. The molecule has 0 radical (unpaired) electrons. The lowest BCUT2D eigenvalue weighted by Gasteiger charge is -2.30. The zero-order valence-corrected chi connectivity index (χ0v) is 10.1. The highest BCUT2D eigenvalue weighted by Crippen LogP contribution is 2.40. The van der Waals surface area contributed by atoms with Crippen LogP contribution in [0.3, 0.4) is 0 Å². The van der Waals surface area contributed by atoms with Gasteiger partial charge < -0.3 is 5.32 Å². The molecule has 1 saturated heterocycles. The topological polar surface area (TPSA) is 12.0 Å². The second kappa shape index (κ2) is 5.41. The quantitative estimate of drug-likeness (QED) is 0.753. The smallest absolute Gasteiger partial charge is 0.0214 e. The highest BCUT2D eigenvalue weighted by Gasteiger charge is 2.36. The van der Waals surface area contributed by atoms with E-state index >= 15 is 0 Å². The maximum Gasteiger partial charge on any atom is 0.0214 e. The molecule has 2 atom stereocenters. The normalized spacial score (nSPS) is 30.2. The Balaban J connectivity index is 1.81. The molecule has 0 spiro atoms. The van der Waals surface area contributed by atoms with E-state index in [9.17, 15) is 0 Å². The van der Waals surface area contributed by atoms with Gasteiger partial charge in [-0.25, -0.2) is 0 Å². The lowest BCUT2D eigenvalue weighted by atomic mass is 10.0. The third kappa shape index (κ3) is 2.90. The van der Waals surface area contributed by atoms with Crippen molar-refractivity contribution < 1.29 is 0 Å².